The van der Waals surface area contributed by atoms with E-state index in [0.29, 0.717) is 48.2 Å². The number of aromatic nitrogens is 1. The molecule has 2 saturated heterocycles. The van der Waals surface area contributed by atoms with Gasteiger partial charge in [0.1, 0.15) is 23.1 Å². The van der Waals surface area contributed by atoms with Crippen molar-refractivity contribution in [3.63, 3.8) is 0 Å². The summed E-state index contributed by atoms with van der Waals surface area (Å²) in [7, 11) is 0. The molecular formula is C30H33F2N5O5. The van der Waals surface area contributed by atoms with Crippen LogP contribution in [0.2, 0.25) is 0 Å². The fourth-order valence-electron chi connectivity index (χ4n) is 6.65. The zero-order valence-electron chi connectivity index (χ0n) is 23.5. The number of aromatic hydroxyl groups is 1. The molecule has 2 aromatic carbocycles. The van der Waals surface area contributed by atoms with Gasteiger partial charge >= 0.3 is 12.6 Å². The van der Waals surface area contributed by atoms with Crippen molar-refractivity contribution in [1.82, 2.24) is 24.6 Å². The molecule has 3 aromatic rings. The summed E-state index contributed by atoms with van der Waals surface area (Å²) in [6.45, 7) is 4.05. The molecule has 3 aliphatic heterocycles. The van der Waals surface area contributed by atoms with E-state index in [1.54, 1.807) is 43.0 Å². The lowest BCUT2D eigenvalue weighted by molar-refractivity contribution is -0.133. The first-order chi connectivity index (χ1) is 20.1. The van der Waals surface area contributed by atoms with Crippen LogP contribution in [-0.4, -0.2) is 99.0 Å². The summed E-state index contributed by atoms with van der Waals surface area (Å²) in [5.41, 5.74) is 1.45. The van der Waals surface area contributed by atoms with E-state index in [2.05, 4.69) is 14.6 Å². The Kier molecular flexibility index (Phi) is 7.04. The predicted octanol–water partition coefficient (Wildman–Crippen LogP) is 3.70. The first kappa shape index (κ1) is 28.0. The molecule has 2 atom stereocenters. The number of imide groups is 1. The minimum absolute atomic E-state index is 0.000348. The summed E-state index contributed by atoms with van der Waals surface area (Å²) < 4.78 is 30.6. The zero-order valence-corrected chi connectivity index (χ0v) is 23.5. The monoisotopic (exact) mass is 581 g/mol. The number of piperazine rings is 1. The van der Waals surface area contributed by atoms with E-state index >= 15 is 0 Å². The number of hydrogen-bond acceptors (Lipinski definition) is 6. The topological polar surface area (TPSA) is 109 Å². The van der Waals surface area contributed by atoms with Crippen LogP contribution in [0.15, 0.2) is 42.5 Å². The van der Waals surface area contributed by atoms with Crippen LogP contribution in [0.5, 0.6) is 11.5 Å². The quantitative estimate of drug-likeness (QED) is 0.412. The first-order valence-electron chi connectivity index (χ1n) is 14.1. The highest BCUT2D eigenvalue weighted by atomic mass is 19.3. The molecule has 10 nitrogen and oxygen atoms in total. The van der Waals surface area contributed by atoms with Crippen LogP contribution in [0.1, 0.15) is 43.1 Å². The molecule has 1 aromatic heterocycles. The number of phenolic OH excluding ortho intramolecular Hbond substituents is 1. The summed E-state index contributed by atoms with van der Waals surface area (Å²) in [6.07, 6.45) is 0.769. The maximum atomic E-state index is 14.0. The second-order valence-corrected chi connectivity index (χ2v) is 11.4. The Morgan fingerprint density at radius 3 is 2.57 bits per heavy atom. The number of halogens is 2. The molecule has 2 fully saturated rings. The van der Waals surface area contributed by atoms with Gasteiger partial charge in [0.2, 0.25) is 5.91 Å². The Bertz CT molecular complexity index is 1550. The van der Waals surface area contributed by atoms with Crippen molar-refractivity contribution in [2.75, 3.05) is 39.3 Å². The molecule has 0 aliphatic carbocycles. The Balaban J connectivity index is 1.31. The highest BCUT2D eigenvalue weighted by molar-refractivity contribution is 6.08. The van der Waals surface area contributed by atoms with Crippen LogP contribution in [-0.2, 0) is 16.0 Å². The predicted molar refractivity (Wildman–Crippen MR) is 149 cm³/mol. The molecule has 0 spiro atoms. The normalized spacial score (nSPS) is 22.7. The third-order valence-corrected chi connectivity index (χ3v) is 8.72. The number of phenols is 1. The SMILES string of the molecule is CC(=O)N1CCN(CCCN2C(=O)N3[C@H](c4cccc(O)c4)c4[nH]c5ccc(OC(F)F)cc5c4C[C@@]3(C)C2=O)CC1. The third kappa shape index (κ3) is 4.73. The van der Waals surface area contributed by atoms with Gasteiger partial charge in [-0.2, -0.15) is 8.78 Å². The second-order valence-electron chi connectivity index (χ2n) is 11.4. The van der Waals surface area contributed by atoms with Crippen LogP contribution in [0.3, 0.4) is 0 Å². The molecule has 6 rings (SSSR count). The smallest absolute Gasteiger partial charge is 0.387 e. The number of benzene rings is 2. The Hall–Kier alpha value is -4.19. The molecule has 0 saturated carbocycles. The molecule has 0 radical (unpaired) electrons. The minimum Gasteiger partial charge on any atom is -0.508 e. The average Bonchev–Trinajstić information content (AvgIpc) is 3.39. The van der Waals surface area contributed by atoms with E-state index in [9.17, 15) is 28.3 Å². The maximum absolute atomic E-state index is 14.0. The number of carbonyl (C=O) groups excluding carboxylic acids is 3. The van der Waals surface area contributed by atoms with Crippen LogP contribution in [0.25, 0.3) is 10.9 Å². The second kappa shape index (κ2) is 10.6. The fraction of sp³-hybridized carbons (Fsp3) is 0.433. The number of urea groups is 1. The van der Waals surface area contributed by atoms with Gasteiger partial charge in [-0.25, -0.2) is 4.79 Å². The molecule has 12 heteroatoms. The summed E-state index contributed by atoms with van der Waals surface area (Å²) >= 11 is 0. The molecule has 222 valence electrons. The largest absolute Gasteiger partial charge is 0.508 e. The number of fused-ring (bicyclic) bond motifs is 4. The molecule has 42 heavy (non-hydrogen) atoms. The van der Waals surface area contributed by atoms with Crippen LogP contribution in [0.4, 0.5) is 13.6 Å². The van der Waals surface area contributed by atoms with E-state index < -0.39 is 24.2 Å². The zero-order chi connectivity index (χ0) is 29.8. The lowest BCUT2D eigenvalue weighted by Crippen LogP contribution is -2.53. The summed E-state index contributed by atoms with van der Waals surface area (Å²) in [5, 5.41) is 10.9. The standard InChI is InChI=1S/C30H33F2N5O5/c1-18(38)35-13-11-34(12-14-35)9-4-10-36-27(40)30(2)17-23-22-16-21(42-28(31)32)7-8-24(22)33-25(23)26(37(30)29(36)41)19-5-3-6-20(39)15-19/h3,5-8,15-16,26,28,33,39H,4,9-14,17H2,1-2H3/t26-,30+/m1/s1. The van der Waals surface area contributed by atoms with Gasteiger partial charge in [-0.3, -0.25) is 24.3 Å². The number of amides is 4. The van der Waals surface area contributed by atoms with Crippen molar-refractivity contribution in [3.8, 4) is 11.5 Å². The molecule has 4 heterocycles. The Morgan fingerprint density at radius 1 is 1.12 bits per heavy atom. The van der Waals surface area contributed by atoms with Crippen molar-refractivity contribution in [3.05, 3.63) is 59.3 Å². The number of aromatic amines is 1. The van der Waals surface area contributed by atoms with Gasteiger partial charge in [0.15, 0.2) is 0 Å². The van der Waals surface area contributed by atoms with Gasteiger partial charge in [-0.15, -0.1) is 0 Å². The van der Waals surface area contributed by atoms with Gasteiger partial charge in [0, 0.05) is 62.7 Å². The summed E-state index contributed by atoms with van der Waals surface area (Å²) in [5.74, 6) is -0.242. The number of nitrogens with one attached hydrogen (secondary N) is 1. The first-order valence-corrected chi connectivity index (χ1v) is 14.1. The van der Waals surface area contributed by atoms with Crippen LogP contribution >= 0.6 is 0 Å². The highest BCUT2D eigenvalue weighted by Gasteiger charge is 2.60. The van der Waals surface area contributed by atoms with Crippen molar-refractivity contribution < 1.29 is 33.0 Å². The molecule has 0 bridgehead atoms. The molecule has 2 N–H and O–H groups in total. The Labute approximate surface area is 241 Å². The lowest BCUT2D eigenvalue weighted by atomic mass is 9.81. The number of nitrogens with zero attached hydrogens (tertiary/aromatic N) is 4. The van der Waals surface area contributed by atoms with Crippen LogP contribution in [0, 0.1) is 0 Å². The Morgan fingerprint density at radius 2 is 1.88 bits per heavy atom. The van der Waals surface area contributed by atoms with Crippen molar-refractivity contribution in [2.45, 2.75) is 44.9 Å². The van der Waals surface area contributed by atoms with Gasteiger partial charge in [-0.05, 0) is 61.3 Å². The van der Waals surface area contributed by atoms with E-state index in [-0.39, 0.29) is 36.3 Å². The third-order valence-electron chi connectivity index (χ3n) is 8.72. The number of hydrogen-bond donors (Lipinski definition) is 2. The maximum Gasteiger partial charge on any atom is 0.387 e. The van der Waals surface area contributed by atoms with Crippen LogP contribution < -0.4 is 4.74 Å². The van der Waals surface area contributed by atoms with Crippen molar-refractivity contribution in [1.29, 1.82) is 0 Å². The number of ether oxygens (including phenoxy) is 1. The molecular weight excluding hydrogens is 548 g/mol. The average molecular weight is 582 g/mol. The van der Waals surface area contributed by atoms with E-state index in [0.717, 1.165) is 18.7 Å². The highest BCUT2D eigenvalue weighted by Crippen LogP contribution is 2.49. The van der Waals surface area contributed by atoms with E-state index in [1.807, 2.05) is 4.90 Å². The minimum atomic E-state index is -2.98. The number of carbonyl (C=O) groups is 3. The molecule has 0 unspecified atom stereocenters. The molecule has 4 amide bonds. The number of rotatable bonds is 7. The van der Waals surface area contributed by atoms with Gasteiger partial charge < -0.3 is 19.7 Å². The lowest BCUT2D eigenvalue weighted by Gasteiger charge is -2.42. The van der Waals surface area contributed by atoms with Gasteiger partial charge in [-0.1, -0.05) is 12.1 Å². The van der Waals surface area contributed by atoms with E-state index in [4.69, 9.17) is 0 Å². The number of alkyl halides is 2. The summed E-state index contributed by atoms with van der Waals surface area (Å²) in [4.78, 5) is 50.0. The van der Waals surface area contributed by atoms with Crippen molar-refractivity contribution in [2.24, 2.45) is 0 Å². The van der Waals surface area contributed by atoms with Gasteiger partial charge in [0.05, 0.1) is 0 Å². The van der Waals surface area contributed by atoms with Gasteiger partial charge in [0.25, 0.3) is 5.91 Å². The van der Waals surface area contributed by atoms with E-state index in [1.165, 1.54) is 23.1 Å². The molecule has 3 aliphatic rings. The summed E-state index contributed by atoms with van der Waals surface area (Å²) in [6, 6.07) is 10.0. The number of H-pyrrole nitrogens is 1. The van der Waals surface area contributed by atoms with Crippen molar-refractivity contribution >= 4 is 28.7 Å². The fourth-order valence-corrected chi connectivity index (χ4v) is 6.65.